The minimum absolute atomic E-state index is 0.0534. The minimum atomic E-state index is -3.70. The standard InChI is InChI=1S/C19H25N3O3S/c1-14(16-7-5-4-6-8-16)21-19(23)13-22(3)15(2)17-9-11-18(12-10-17)26(20,24)25/h4-12,14-15H,13H2,1-3H3,(H,21,23)(H2,20,24,25). The number of benzene rings is 2. The monoisotopic (exact) mass is 375 g/mol. The molecule has 2 unspecified atom stereocenters. The number of carbonyl (C=O) groups excluding carboxylic acids is 1. The highest BCUT2D eigenvalue weighted by molar-refractivity contribution is 7.89. The summed E-state index contributed by atoms with van der Waals surface area (Å²) >= 11 is 0. The number of sulfonamides is 1. The largest absolute Gasteiger partial charge is 0.348 e. The lowest BCUT2D eigenvalue weighted by Crippen LogP contribution is -2.37. The van der Waals surface area contributed by atoms with Crippen molar-refractivity contribution < 1.29 is 13.2 Å². The van der Waals surface area contributed by atoms with Crippen LogP contribution in [0.25, 0.3) is 0 Å². The third-order valence-corrected chi connectivity index (χ3v) is 5.35. The van der Waals surface area contributed by atoms with Crippen molar-refractivity contribution in [3.05, 3.63) is 65.7 Å². The van der Waals surface area contributed by atoms with Crippen molar-refractivity contribution in [3.63, 3.8) is 0 Å². The van der Waals surface area contributed by atoms with Crippen molar-refractivity contribution in [1.29, 1.82) is 0 Å². The number of hydrogen-bond acceptors (Lipinski definition) is 4. The molecule has 6 nitrogen and oxygen atoms in total. The number of carbonyl (C=O) groups is 1. The quantitative estimate of drug-likeness (QED) is 0.776. The Labute approximate surface area is 155 Å². The molecule has 3 N–H and O–H groups in total. The van der Waals surface area contributed by atoms with Gasteiger partial charge in [0.25, 0.3) is 0 Å². The van der Waals surface area contributed by atoms with Gasteiger partial charge in [0.15, 0.2) is 0 Å². The minimum Gasteiger partial charge on any atom is -0.348 e. The second-order valence-electron chi connectivity index (χ2n) is 6.41. The van der Waals surface area contributed by atoms with Crippen LogP contribution in [0.2, 0.25) is 0 Å². The number of amides is 1. The van der Waals surface area contributed by atoms with Crippen LogP contribution in [0.4, 0.5) is 0 Å². The maximum absolute atomic E-state index is 12.3. The molecule has 0 saturated carbocycles. The van der Waals surface area contributed by atoms with Gasteiger partial charge in [0, 0.05) is 6.04 Å². The summed E-state index contributed by atoms with van der Waals surface area (Å²) in [6.07, 6.45) is 0. The molecule has 0 saturated heterocycles. The van der Waals surface area contributed by atoms with E-state index in [0.717, 1.165) is 11.1 Å². The summed E-state index contributed by atoms with van der Waals surface area (Å²) in [5.74, 6) is -0.0724. The summed E-state index contributed by atoms with van der Waals surface area (Å²) in [6, 6.07) is 16.0. The molecule has 0 bridgehead atoms. The summed E-state index contributed by atoms with van der Waals surface area (Å²) in [4.78, 5) is 14.3. The zero-order chi connectivity index (χ0) is 19.3. The molecular weight excluding hydrogens is 350 g/mol. The number of rotatable bonds is 7. The van der Waals surface area contributed by atoms with E-state index in [-0.39, 0.29) is 29.4 Å². The molecule has 140 valence electrons. The van der Waals surface area contributed by atoms with E-state index in [9.17, 15) is 13.2 Å². The molecule has 2 aromatic rings. The van der Waals surface area contributed by atoms with E-state index in [4.69, 9.17) is 5.14 Å². The van der Waals surface area contributed by atoms with Gasteiger partial charge in [-0.25, -0.2) is 13.6 Å². The first-order valence-electron chi connectivity index (χ1n) is 8.36. The maximum Gasteiger partial charge on any atom is 0.238 e. The molecule has 2 aromatic carbocycles. The van der Waals surface area contributed by atoms with Crippen LogP contribution in [-0.4, -0.2) is 32.8 Å². The van der Waals surface area contributed by atoms with Crippen molar-refractivity contribution in [3.8, 4) is 0 Å². The molecule has 1 amide bonds. The summed E-state index contributed by atoms with van der Waals surface area (Å²) < 4.78 is 22.7. The van der Waals surface area contributed by atoms with E-state index < -0.39 is 10.0 Å². The molecule has 0 fully saturated rings. The Morgan fingerprint density at radius 1 is 1.04 bits per heavy atom. The number of nitrogens with two attached hydrogens (primary N) is 1. The number of nitrogens with one attached hydrogen (secondary N) is 1. The first-order valence-corrected chi connectivity index (χ1v) is 9.90. The topological polar surface area (TPSA) is 92.5 Å². The Balaban J connectivity index is 1.95. The van der Waals surface area contributed by atoms with Gasteiger partial charge in [-0.15, -0.1) is 0 Å². The maximum atomic E-state index is 12.3. The van der Waals surface area contributed by atoms with Gasteiger partial charge in [0.1, 0.15) is 0 Å². The van der Waals surface area contributed by atoms with Gasteiger partial charge < -0.3 is 5.32 Å². The molecule has 0 aliphatic carbocycles. The van der Waals surface area contributed by atoms with E-state index in [0.29, 0.717) is 0 Å². The molecule has 0 aliphatic rings. The van der Waals surface area contributed by atoms with Crippen molar-refractivity contribution >= 4 is 15.9 Å². The molecule has 26 heavy (non-hydrogen) atoms. The molecule has 2 rings (SSSR count). The van der Waals surface area contributed by atoms with Crippen LogP contribution in [0.15, 0.2) is 59.5 Å². The van der Waals surface area contributed by atoms with Crippen LogP contribution in [0.5, 0.6) is 0 Å². The predicted octanol–water partition coefficient (Wildman–Crippen LogP) is 2.20. The Morgan fingerprint density at radius 2 is 1.62 bits per heavy atom. The average molecular weight is 375 g/mol. The molecule has 7 heteroatoms. The fraction of sp³-hybridized carbons (Fsp3) is 0.316. The molecule has 0 aromatic heterocycles. The van der Waals surface area contributed by atoms with Gasteiger partial charge >= 0.3 is 0 Å². The highest BCUT2D eigenvalue weighted by atomic mass is 32.2. The SMILES string of the molecule is CC(NC(=O)CN(C)C(C)c1ccc(S(N)(=O)=O)cc1)c1ccccc1. The van der Waals surface area contributed by atoms with Crippen molar-refractivity contribution in [2.75, 3.05) is 13.6 Å². The van der Waals surface area contributed by atoms with Crippen LogP contribution in [0.3, 0.4) is 0 Å². The summed E-state index contributed by atoms with van der Waals surface area (Å²) in [7, 11) is -1.85. The number of hydrogen-bond donors (Lipinski definition) is 2. The van der Waals surface area contributed by atoms with Gasteiger partial charge in [-0.1, -0.05) is 42.5 Å². The normalized spacial score (nSPS) is 14.0. The number of primary sulfonamides is 1. The van der Waals surface area contributed by atoms with Gasteiger partial charge in [-0.05, 0) is 44.2 Å². The van der Waals surface area contributed by atoms with Gasteiger partial charge in [-0.3, -0.25) is 9.69 Å². The summed E-state index contributed by atoms with van der Waals surface area (Å²) in [5, 5.41) is 8.10. The van der Waals surface area contributed by atoms with Gasteiger partial charge in [0.2, 0.25) is 15.9 Å². The van der Waals surface area contributed by atoms with Crippen LogP contribution in [-0.2, 0) is 14.8 Å². The Kier molecular flexibility index (Phi) is 6.52. The average Bonchev–Trinajstić information content (AvgIpc) is 2.61. The fourth-order valence-corrected chi connectivity index (χ4v) is 3.18. The summed E-state index contributed by atoms with van der Waals surface area (Å²) in [5.41, 5.74) is 1.96. The second kappa shape index (κ2) is 8.44. The highest BCUT2D eigenvalue weighted by Crippen LogP contribution is 2.20. The van der Waals surface area contributed by atoms with Gasteiger partial charge in [-0.2, -0.15) is 0 Å². The Bertz CT molecular complexity index is 836. The smallest absolute Gasteiger partial charge is 0.238 e. The van der Waals surface area contributed by atoms with Crippen molar-refractivity contribution in [2.45, 2.75) is 30.8 Å². The molecule has 0 radical (unpaired) electrons. The lowest BCUT2D eigenvalue weighted by Gasteiger charge is -2.25. The van der Waals surface area contributed by atoms with E-state index in [1.54, 1.807) is 12.1 Å². The zero-order valence-electron chi connectivity index (χ0n) is 15.2. The first kappa shape index (κ1) is 20.1. The van der Waals surface area contributed by atoms with E-state index >= 15 is 0 Å². The number of likely N-dealkylation sites (N-methyl/N-ethyl adjacent to an activating group) is 1. The Morgan fingerprint density at radius 3 is 2.15 bits per heavy atom. The van der Waals surface area contributed by atoms with Crippen LogP contribution < -0.4 is 10.5 Å². The molecule has 2 atom stereocenters. The third kappa shape index (κ3) is 5.39. The lowest BCUT2D eigenvalue weighted by atomic mass is 10.1. The zero-order valence-corrected chi connectivity index (χ0v) is 16.0. The van der Waals surface area contributed by atoms with Crippen molar-refractivity contribution in [2.24, 2.45) is 5.14 Å². The highest BCUT2D eigenvalue weighted by Gasteiger charge is 2.17. The summed E-state index contributed by atoms with van der Waals surface area (Å²) in [6.45, 7) is 4.14. The fourth-order valence-electron chi connectivity index (χ4n) is 2.67. The molecule has 0 spiro atoms. The van der Waals surface area contributed by atoms with Crippen LogP contribution >= 0.6 is 0 Å². The molecular formula is C19H25N3O3S. The number of nitrogens with zero attached hydrogens (tertiary/aromatic N) is 1. The van der Waals surface area contributed by atoms with Crippen molar-refractivity contribution in [1.82, 2.24) is 10.2 Å². The molecule has 0 heterocycles. The van der Waals surface area contributed by atoms with Crippen LogP contribution in [0.1, 0.15) is 37.1 Å². The van der Waals surface area contributed by atoms with Gasteiger partial charge in [0.05, 0.1) is 17.5 Å². The van der Waals surface area contributed by atoms with E-state index in [1.807, 2.05) is 56.1 Å². The predicted molar refractivity (Wildman–Crippen MR) is 102 cm³/mol. The Hall–Kier alpha value is -2.22. The van der Waals surface area contributed by atoms with Crippen LogP contribution in [0, 0.1) is 0 Å². The first-order chi connectivity index (χ1) is 12.2. The second-order valence-corrected chi connectivity index (χ2v) is 7.97. The molecule has 0 aliphatic heterocycles. The lowest BCUT2D eigenvalue weighted by molar-refractivity contribution is -0.123. The third-order valence-electron chi connectivity index (χ3n) is 4.42. The van der Waals surface area contributed by atoms with E-state index in [2.05, 4.69) is 5.32 Å². The van der Waals surface area contributed by atoms with E-state index in [1.165, 1.54) is 12.1 Å².